The standard InChI is InChI=1S/C12H24N2O2/c1-3-6-11(12(15)16)14-8-5-4-7-10(14)9(2)13/h9-11H,3-8,13H2,1-2H3,(H,15,16). The monoisotopic (exact) mass is 228 g/mol. The van der Waals surface area contributed by atoms with Crippen LogP contribution in [0.2, 0.25) is 0 Å². The van der Waals surface area contributed by atoms with Crippen molar-refractivity contribution in [3.05, 3.63) is 0 Å². The molecule has 0 aliphatic carbocycles. The lowest BCUT2D eigenvalue weighted by Gasteiger charge is -2.41. The summed E-state index contributed by atoms with van der Waals surface area (Å²) in [6, 6.07) is -0.0540. The lowest BCUT2D eigenvalue weighted by Crippen LogP contribution is -2.55. The van der Waals surface area contributed by atoms with Crippen molar-refractivity contribution in [3.8, 4) is 0 Å². The number of carboxylic acids is 1. The topological polar surface area (TPSA) is 66.6 Å². The summed E-state index contributed by atoms with van der Waals surface area (Å²) in [5.41, 5.74) is 5.96. The number of likely N-dealkylation sites (tertiary alicyclic amines) is 1. The van der Waals surface area contributed by atoms with Crippen molar-refractivity contribution >= 4 is 5.97 Å². The number of aliphatic carboxylic acids is 1. The summed E-state index contributed by atoms with van der Waals surface area (Å²) in [5, 5.41) is 9.27. The van der Waals surface area contributed by atoms with Crippen molar-refractivity contribution in [1.29, 1.82) is 0 Å². The number of nitrogens with two attached hydrogens (primary N) is 1. The third kappa shape index (κ3) is 3.19. The zero-order valence-electron chi connectivity index (χ0n) is 10.4. The van der Waals surface area contributed by atoms with Crippen molar-refractivity contribution in [2.24, 2.45) is 5.73 Å². The average Bonchev–Trinajstić information content (AvgIpc) is 2.25. The van der Waals surface area contributed by atoms with Crippen molar-refractivity contribution in [2.75, 3.05) is 6.54 Å². The predicted octanol–water partition coefficient (Wildman–Crippen LogP) is 1.44. The predicted molar refractivity (Wildman–Crippen MR) is 64.3 cm³/mol. The summed E-state index contributed by atoms with van der Waals surface area (Å²) in [4.78, 5) is 13.4. The second-order valence-electron chi connectivity index (χ2n) is 4.80. The van der Waals surface area contributed by atoms with Gasteiger partial charge >= 0.3 is 5.97 Å². The maximum atomic E-state index is 11.3. The lowest BCUT2D eigenvalue weighted by molar-refractivity contribution is -0.145. The largest absolute Gasteiger partial charge is 0.480 e. The van der Waals surface area contributed by atoms with Gasteiger partial charge in [-0.25, -0.2) is 0 Å². The molecule has 0 bridgehead atoms. The first kappa shape index (κ1) is 13.5. The molecule has 94 valence electrons. The Labute approximate surface area is 97.8 Å². The summed E-state index contributed by atoms with van der Waals surface area (Å²) in [6.45, 7) is 4.89. The minimum Gasteiger partial charge on any atom is -0.480 e. The minimum absolute atomic E-state index is 0.0546. The molecule has 3 N–H and O–H groups in total. The molecule has 0 spiro atoms. The van der Waals surface area contributed by atoms with Crippen LogP contribution in [-0.4, -0.2) is 40.6 Å². The first-order chi connectivity index (χ1) is 7.57. The van der Waals surface area contributed by atoms with Crippen molar-refractivity contribution in [1.82, 2.24) is 4.90 Å². The van der Waals surface area contributed by atoms with Gasteiger partial charge in [-0.15, -0.1) is 0 Å². The minimum atomic E-state index is -0.700. The van der Waals surface area contributed by atoms with E-state index in [0.29, 0.717) is 0 Å². The second kappa shape index (κ2) is 6.21. The van der Waals surface area contributed by atoms with Crippen LogP contribution in [0, 0.1) is 0 Å². The van der Waals surface area contributed by atoms with E-state index in [4.69, 9.17) is 5.73 Å². The molecule has 4 nitrogen and oxygen atoms in total. The molecule has 0 aromatic heterocycles. The molecule has 0 radical (unpaired) electrons. The Morgan fingerprint density at radius 1 is 1.56 bits per heavy atom. The zero-order chi connectivity index (χ0) is 12.1. The molecule has 0 aromatic carbocycles. The van der Waals surface area contributed by atoms with Gasteiger partial charge in [0, 0.05) is 12.1 Å². The molecule has 0 aromatic rings. The Morgan fingerprint density at radius 2 is 2.25 bits per heavy atom. The molecule has 1 rings (SSSR count). The van der Waals surface area contributed by atoms with Crippen molar-refractivity contribution in [3.63, 3.8) is 0 Å². The molecule has 1 saturated heterocycles. The first-order valence-electron chi connectivity index (χ1n) is 6.32. The van der Waals surface area contributed by atoms with Gasteiger partial charge in [0.1, 0.15) is 6.04 Å². The van der Waals surface area contributed by atoms with E-state index in [9.17, 15) is 9.90 Å². The van der Waals surface area contributed by atoms with E-state index in [0.717, 1.165) is 32.2 Å². The summed E-state index contributed by atoms with van der Waals surface area (Å²) in [6.07, 6.45) is 4.92. The van der Waals surface area contributed by atoms with Gasteiger partial charge in [0.15, 0.2) is 0 Å². The van der Waals surface area contributed by atoms with Gasteiger partial charge in [-0.1, -0.05) is 19.8 Å². The fourth-order valence-corrected chi connectivity index (χ4v) is 2.64. The quantitative estimate of drug-likeness (QED) is 0.747. The number of carboxylic acid groups (broad SMARTS) is 1. The maximum Gasteiger partial charge on any atom is 0.320 e. The molecule has 0 saturated carbocycles. The molecule has 4 heteroatoms. The van der Waals surface area contributed by atoms with Crippen LogP contribution >= 0.6 is 0 Å². The molecule has 3 unspecified atom stereocenters. The van der Waals surface area contributed by atoms with E-state index in [-0.39, 0.29) is 18.1 Å². The molecule has 1 fully saturated rings. The number of piperidine rings is 1. The normalized spacial score (nSPS) is 26.3. The molecular formula is C12H24N2O2. The maximum absolute atomic E-state index is 11.3. The summed E-state index contributed by atoms with van der Waals surface area (Å²) < 4.78 is 0. The van der Waals surface area contributed by atoms with Crippen LogP contribution < -0.4 is 5.73 Å². The van der Waals surface area contributed by atoms with Crippen LogP contribution in [0.5, 0.6) is 0 Å². The molecule has 0 amide bonds. The van der Waals surface area contributed by atoms with Crippen LogP contribution in [0.1, 0.15) is 46.0 Å². The summed E-state index contributed by atoms with van der Waals surface area (Å²) in [7, 11) is 0. The number of rotatable bonds is 5. The van der Waals surface area contributed by atoms with Gasteiger partial charge in [-0.2, -0.15) is 0 Å². The van der Waals surface area contributed by atoms with Gasteiger partial charge < -0.3 is 10.8 Å². The SMILES string of the molecule is CCCC(C(=O)O)N1CCCCC1C(C)N. The fraction of sp³-hybridized carbons (Fsp3) is 0.917. The Kier molecular flexibility index (Phi) is 5.22. The van der Waals surface area contributed by atoms with E-state index in [1.807, 2.05) is 13.8 Å². The van der Waals surface area contributed by atoms with E-state index in [2.05, 4.69) is 4.90 Å². The Bertz CT molecular complexity index is 231. The van der Waals surface area contributed by atoms with E-state index in [1.165, 1.54) is 6.42 Å². The van der Waals surface area contributed by atoms with Gasteiger partial charge in [0.2, 0.25) is 0 Å². The number of hydrogen-bond acceptors (Lipinski definition) is 3. The van der Waals surface area contributed by atoms with Gasteiger partial charge in [-0.05, 0) is 32.7 Å². The van der Waals surface area contributed by atoms with Crippen LogP contribution in [-0.2, 0) is 4.79 Å². The second-order valence-corrected chi connectivity index (χ2v) is 4.80. The number of nitrogens with zero attached hydrogens (tertiary/aromatic N) is 1. The van der Waals surface area contributed by atoms with Crippen molar-refractivity contribution < 1.29 is 9.90 Å². The highest BCUT2D eigenvalue weighted by molar-refractivity contribution is 5.73. The molecule has 3 atom stereocenters. The third-order valence-electron chi connectivity index (χ3n) is 3.45. The third-order valence-corrected chi connectivity index (χ3v) is 3.45. The molecule has 1 heterocycles. The van der Waals surface area contributed by atoms with Gasteiger partial charge in [0.25, 0.3) is 0 Å². The molecule has 16 heavy (non-hydrogen) atoms. The fourth-order valence-electron chi connectivity index (χ4n) is 2.64. The van der Waals surface area contributed by atoms with Crippen LogP contribution in [0.4, 0.5) is 0 Å². The van der Waals surface area contributed by atoms with Crippen LogP contribution in [0.25, 0.3) is 0 Å². The molecule has 1 aliphatic rings. The molecular weight excluding hydrogens is 204 g/mol. The lowest BCUT2D eigenvalue weighted by atomic mass is 9.94. The highest BCUT2D eigenvalue weighted by Crippen LogP contribution is 2.23. The first-order valence-corrected chi connectivity index (χ1v) is 6.32. The van der Waals surface area contributed by atoms with E-state index in [1.54, 1.807) is 0 Å². The Balaban J connectivity index is 2.74. The van der Waals surface area contributed by atoms with Gasteiger partial charge in [0.05, 0.1) is 0 Å². The Hall–Kier alpha value is -0.610. The van der Waals surface area contributed by atoms with Crippen LogP contribution in [0.15, 0.2) is 0 Å². The summed E-state index contributed by atoms with van der Waals surface area (Å²) >= 11 is 0. The van der Waals surface area contributed by atoms with Crippen molar-refractivity contribution in [2.45, 2.75) is 64.1 Å². The van der Waals surface area contributed by atoms with Crippen LogP contribution in [0.3, 0.4) is 0 Å². The number of hydrogen-bond donors (Lipinski definition) is 2. The Morgan fingerprint density at radius 3 is 2.75 bits per heavy atom. The average molecular weight is 228 g/mol. The van der Waals surface area contributed by atoms with E-state index < -0.39 is 5.97 Å². The van der Waals surface area contributed by atoms with E-state index >= 15 is 0 Å². The smallest absolute Gasteiger partial charge is 0.320 e. The molecule has 1 aliphatic heterocycles. The summed E-state index contributed by atoms with van der Waals surface area (Å²) in [5.74, 6) is -0.700. The van der Waals surface area contributed by atoms with Gasteiger partial charge in [-0.3, -0.25) is 9.69 Å². The highest BCUT2D eigenvalue weighted by atomic mass is 16.4. The number of carbonyl (C=O) groups is 1. The zero-order valence-corrected chi connectivity index (χ0v) is 10.4. The highest BCUT2D eigenvalue weighted by Gasteiger charge is 2.34.